The van der Waals surface area contributed by atoms with Crippen LogP contribution in [0.2, 0.25) is 0 Å². The number of aliphatic carboxylic acids is 1. The number of hydrogen-bond donors (Lipinski definition) is 3. The Kier molecular flexibility index (Phi) is 4.76. The first-order valence-electron chi connectivity index (χ1n) is 3.88. The summed E-state index contributed by atoms with van der Waals surface area (Å²) in [5.74, 6) is -1.56. The zero-order valence-corrected chi connectivity index (χ0v) is 7.49. The Morgan fingerprint density at radius 2 is 2.23 bits per heavy atom. The highest BCUT2D eigenvalue weighted by molar-refractivity contribution is 5.86. The Morgan fingerprint density at radius 3 is 2.62 bits per heavy atom. The molecule has 0 heterocycles. The van der Waals surface area contributed by atoms with Crippen LogP contribution in [0.1, 0.15) is 13.3 Å². The molecular weight excluding hydrogens is 172 g/mol. The Hall–Kier alpha value is -1.36. The number of carbonyl (C=O) groups excluding carboxylic acids is 1. The van der Waals surface area contributed by atoms with Crippen LogP contribution in [0.3, 0.4) is 0 Å². The highest BCUT2D eigenvalue weighted by atomic mass is 16.4. The highest BCUT2D eigenvalue weighted by Crippen LogP contribution is 1.90. The molecule has 5 nitrogen and oxygen atoms in total. The first kappa shape index (κ1) is 11.6. The summed E-state index contributed by atoms with van der Waals surface area (Å²) in [6.45, 7) is 4.80. The molecule has 0 rings (SSSR count). The molecule has 0 spiro atoms. The predicted octanol–water partition coefficient (Wildman–Crippen LogP) is -0.521. The van der Waals surface area contributed by atoms with Crippen LogP contribution in [0, 0.1) is 0 Å². The minimum atomic E-state index is -1.08. The van der Waals surface area contributed by atoms with E-state index >= 15 is 0 Å². The summed E-state index contributed by atoms with van der Waals surface area (Å²) >= 11 is 0. The van der Waals surface area contributed by atoms with Crippen molar-refractivity contribution in [3.8, 4) is 0 Å². The van der Waals surface area contributed by atoms with Crippen LogP contribution < -0.4 is 11.1 Å². The zero-order valence-electron chi connectivity index (χ0n) is 7.49. The summed E-state index contributed by atoms with van der Waals surface area (Å²) < 4.78 is 0. The number of amides is 1. The standard InChI is InChI=1S/C8H14N2O3/c1-3-4-6(9)7(11)10-5(2)8(12)13/h3,5-6H,1,4,9H2,2H3,(H,10,11)(H,12,13)/t5-,6?/m1/s1. The molecule has 0 aromatic heterocycles. The van der Waals surface area contributed by atoms with E-state index < -0.39 is 24.0 Å². The van der Waals surface area contributed by atoms with E-state index in [1.807, 2.05) is 0 Å². The molecule has 0 fully saturated rings. The van der Waals surface area contributed by atoms with Gasteiger partial charge in [-0.2, -0.15) is 0 Å². The number of hydrogen-bond acceptors (Lipinski definition) is 3. The predicted molar refractivity (Wildman–Crippen MR) is 48.0 cm³/mol. The second-order valence-corrected chi connectivity index (χ2v) is 2.70. The maximum atomic E-state index is 11.1. The SMILES string of the molecule is C=CCC(N)C(=O)N[C@H](C)C(=O)O. The molecule has 0 saturated carbocycles. The van der Waals surface area contributed by atoms with Gasteiger partial charge in [0.15, 0.2) is 0 Å². The van der Waals surface area contributed by atoms with E-state index in [1.165, 1.54) is 13.0 Å². The van der Waals surface area contributed by atoms with Crippen LogP contribution in [0.25, 0.3) is 0 Å². The van der Waals surface area contributed by atoms with Crippen LogP contribution >= 0.6 is 0 Å². The van der Waals surface area contributed by atoms with Crippen LogP contribution in [0.15, 0.2) is 12.7 Å². The summed E-state index contributed by atoms with van der Waals surface area (Å²) in [7, 11) is 0. The molecule has 0 aliphatic carbocycles. The maximum absolute atomic E-state index is 11.1. The second-order valence-electron chi connectivity index (χ2n) is 2.70. The lowest BCUT2D eigenvalue weighted by Gasteiger charge is -2.12. The average Bonchev–Trinajstić information content (AvgIpc) is 2.04. The van der Waals surface area contributed by atoms with Crippen molar-refractivity contribution < 1.29 is 14.7 Å². The van der Waals surface area contributed by atoms with Gasteiger partial charge in [-0.05, 0) is 13.3 Å². The lowest BCUT2D eigenvalue weighted by molar-refractivity contribution is -0.141. The average molecular weight is 186 g/mol. The van der Waals surface area contributed by atoms with E-state index in [1.54, 1.807) is 0 Å². The summed E-state index contributed by atoms with van der Waals surface area (Å²) in [6.07, 6.45) is 1.84. The molecule has 4 N–H and O–H groups in total. The van der Waals surface area contributed by atoms with Crippen molar-refractivity contribution in [2.24, 2.45) is 5.73 Å². The number of rotatable bonds is 5. The van der Waals surface area contributed by atoms with Gasteiger partial charge < -0.3 is 16.2 Å². The minimum Gasteiger partial charge on any atom is -0.480 e. The largest absolute Gasteiger partial charge is 0.480 e. The van der Waals surface area contributed by atoms with Crippen molar-refractivity contribution in [2.75, 3.05) is 0 Å². The van der Waals surface area contributed by atoms with E-state index in [0.717, 1.165) is 0 Å². The highest BCUT2D eigenvalue weighted by Gasteiger charge is 2.17. The molecule has 0 radical (unpaired) electrons. The molecule has 74 valence electrons. The van der Waals surface area contributed by atoms with Crippen LogP contribution in [-0.2, 0) is 9.59 Å². The Morgan fingerprint density at radius 1 is 1.69 bits per heavy atom. The van der Waals surface area contributed by atoms with Crippen LogP contribution in [0.5, 0.6) is 0 Å². The number of carboxylic acid groups (broad SMARTS) is 1. The molecule has 0 aliphatic rings. The molecule has 0 aromatic carbocycles. The van der Waals surface area contributed by atoms with E-state index in [4.69, 9.17) is 10.8 Å². The molecule has 0 bridgehead atoms. The lowest BCUT2D eigenvalue weighted by Crippen LogP contribution is -2.46. The first-order valence-corrected chi connectivity index (χ1v) is 3.88. The van der Waals surface area contributed by atoms with Crippen LogP contribution in [-0.4, -0.2) is 29.1 Å². The quantitative estimate of drug-likeness (QED) is 0.504. The normalized spacial score (nSPS) is 14.3. The fourth-order valence-corrected chi connectivity index (χ4v) is 0.669. The van der Waals surface area contributed by atoms with E-state index in [2.05, 4.69) is 11.9 Å². The lowest BCUT2D eigenvalue weighted by atomic mass is 10.2. The monoisotopic (exact) mass is 186 g/mol. The van der Waals surface area contributed by atoms with Gasteiger partial charge in [-0.3, -0.25) is 9.59 Å². The third-order valence-electron chi connectivity index (χ3n) is 1.49. The molecule has 2 atom stereocenters. The van der Waals surface area contributed by atoms with Gasteiger partial charge in [-0.25, -0.2) is 0 Å². The smallest absolute Gasteiger partial charge is 0.325 e. The zero-order chi connectivity index (χ0) is 10.4. The molecule has 1 unspecified atom stereocenters. The minimum absolute atomic E-state index is 0.332. The summed E-state index contributed by atoms with van der Waals surface area (Å²) in [6, 6.07) is -1.64. The number of nitrogens with two attached hydrogens (primary N) is 1. The van der Waals surface area contributed by atoms with Crippen molar-refractivity contribution in [2.45, 2.75) is 25.4 Å². The number of carboxylic acids is 1. The van der Waals surface area contributed by atoms with Gasteiger partial charge in [0.2, 0.25) is 5.91 Å². The van der Waals surface area contributed by atoms with Gasteiger partial charge in [0.05, 0.1) is 6.04 Å². The Bertz CT molecular complexity index is 215. The molecule has 1 amide bonds. The first-order chi connectivity index (χ1) is 5.99. The van der Waals surface area contributed by atoms with Crippen molar-refractivity contribution in [1.82, 2.24) is 5.32 Å². The van der Waals surface area contributed by atoms with Gasteiger partial charge in [-0.1, -0.05) is 6.08 Å². The molecule has 0 aromatic rings. The van der Waals surface area contributed by atoms with Crippen molar-refractivity contribution in [3.05, 3.63) is 12.7 Å². The van der Waals surface area contributed by atoms with Gasteiger partial charge in [-0.15, -0.1) is 6.58 Å². The van der Waals surface area contributed by atoms with Gasteiger partial charge in [0.25, 0.3) is 0 Å². The Labute approximate surface area is 76.6 Å². The third-order valence-corrected chi connectivity index (χ3v) is 1.49. The Balaban J connectivity index is 3.99. The molecule has 0 saturated heterocycles. The van der Waals surface area contributed by atoms with E-state index in [-0.39, 0.29) is 0 Å². The summed E-state index contributed by atoms with van der Waals surface area (Å²) in [5, 5.41) is 10.7. The van der Waals surface area contributed by atoms with Crippen molar-refractivity contribution >= 4 is 11.9 Å². The maximum Gasteiger partial charge on any atom is 0.325 e. The summed E-state index contributed by atoms with van der Waals surface area (Å²) in [5.41, 5.74) is 5.40. The third kappa shape index (κ3) is 4.27. The topological polar surface area (TPSA) is 92.4 Å². The second kappa shape index (κ2) is 5.31. The van der Waals surface area contributed by atoms with Gasteiger partial charge >= 0.3 is 5.97 Å². The molecule has 13 heavy (non-hydrogen) atoms. The number of carbonyl (C=O) groups is 2. The number of nitrogens with one attached hydrogen (secondary N) is 1. The van der Waals surface area contributed by atoms with E-state index in [9.17, 15) is 9.59 Å². The molecular formula is C8H14N2O3. The van der Waals surface area contributed by atoms with Crippen LogP contribution in [0.4, 0.5) is 0 Å². The van der Waals surface area contributed by atoms with Gasteiger partial charge in [0, 0.05) is 0 Å². The molecule has 5 heteroatoms. The van der Waals surface area contributed by atoms with Crippen molar-refractivity contribution in [3.63, 3.8) is 0 Å². The fourth-order valence-electron chi connectivity index (χ4n) is 0.669. The van der Waals surface area contributed by atoms with Gasteiger partial charge in [0.1, 0.15) is 6.04 Å². The fraction of sp³-hybridized carbons (Fsp3) is 0.500. The molecule has 0 aliphatic heterocycles. The van der Waals surface area contributed by atoms with Crippen molar-refractivity contribution in [1.29, 1.82) is 0 Å². The van der Waals surface area contributed by atoms with E-state index in [0.29, 0.717) is 6.42 Å². The summed E-state index contributed by atoms with van der Waals surface area (Å²) in [4.78, 5) is 21.4.